The van der Waals surface area contributed by atoms with E-state index in [1.165, 1.54) is 11.6 Å². The molecule has 0 radical (unpaired) electrons. The van der Waals surface area contributed by atoms with E-state index < -0.39 is 0 Å². The molecule has 5 nitrogen and oxygen atoms in total. The first-order valence-electron chi connectivity index (χ1n) is 6.99. The van der Waals surface area contributed by atoms with Crippen molar-refractivity contribution in [3.63, 3.8) is 0 Å². The Morgan fingerprint density at radius 1 is 1.22 bits per heavy atom. The van der Waals surface area contributed by atoms with Gasteiger partial charge in [0.05, 0.1) is 22.8 Å². The van der Waals surface area contributed by atoms with E-state index in [-0.39, 0.29) is 17.8 Å². The minimum absolute atomic E-state index is 0.144. The molecule has 0 spiro atoms. The lowest BCUT2D eigenvalue weighted by Gasteiger charge is -1.97. The summed E-state index contributed by atoms with van der Waals surface area (Å²) in [6, 6.07) is 7.96. The largest absolute Gasteiger partial charge is 0.463 e. The minimum atomic E-state index is -0.304. The van der Waals surface area contributed by atoms with Crippen molar-refractivity contribution in [1.82, 2.24) is 3.93 Å². The van der Waals surface area contributed by atoms with Gasteiger partial charge in [0.1, 0.15) is 0 Å². The summed E-state index contributed by atoms with van der Waals surface area (Å²) < 4.78 is 5.75. The highest BCUT2D eigenvalue weighted by Crippen LogP contribution is 2.14. The van der Waals surface area contributed by atoms with Crippen LogP contribution in [0.1, 0.15) is 30.9 Å². The molecule has 1 heterocycles. The summed E-state index contributed by atoms with van der Waals surface area (Å²) in [5, 5.41) is 0.842. The molecule has 124 valence electrons. The average Bonchev–Trinajstić information content (AvgIpc) is 2.85. The molecule has 1 saturated heterocycles. The molecule has 0 aromatic heterocycles. The number of halogens is 2. The molecule has 0 atom stereocenters. The Labute approximate surface area is 152 Å². The Kier molecular flexibility index (Phi) is 8.79. The van der Waals surface area contributed by atoms with Gasteiger partial charge in [0.2, 0.25) is 11.8 Å². The van der Waals surface area contributed by atoms with Crippen LogP contribution < -0.4 is 0 Å². The van der Waals surface area contributed by atoms with Gasteiger partial charge in [-0.15, -0.1) is 0 Å². The first kappa shape index (κ1) is 19.6. The molecule has 0 unspecified atom stereocenters. The SMILES string of the molecule is CCOC(=O)/C=C/c1ccc(CBr)cc1.O=C1CCC(=O)N1Br. The molecule has 1 aliphatic rings. The maximum Gasteiger partial charge on any atom is 0.330 e. The molecule has 23 heavy (non-hydrogen) atoms. The zero-order valence-corrected chi connectivity index (χ0v) is 15.8. The lowest BCUT2D eigenvalue weighted by atomic mass is 10.1. The van der Waals surface area contributed by atoms with E-state index in [0.29, 0.717) is 19.4 Å². The Bertz CT molecular complexity index is 568. The van der Waals surface area contributed by atoms with E-state index in [1.54, 1.807) is 13.0 Å². The fourth-order valence-electron chi connectivity index (χ4n) is 1.62. The van der Waals surface area contributed by atoms with E-state index in [9.17, 15) is 14.4 Å². The fraction of sp³-hybridized carbons (Fsp3) is 0.312. The van der Waals surface area contributed by atoms with Gasteiger partial charge in [0.25, 0.3) is 0 Å². The van der Waals surface area contributed by atoms with Crippen LogP contribution >= 0.6 is 32.1 Å². The highest BCUT2D eigenvalue weighted by Gasteiger charge is 2.26. The summed E-state index contributed by atoms with van der Waals surface area (Å²) in [5.74, 6) is -0.591. The lowest BCUT2D eigenvalue weighted by molar-refractivity contribution is -0.137. The first-order chi connectivity index (χ1) is 11.0. The summed E-state index contributed by atoms with van der Waals surface area (Å²) in [6.45, 7) is 2.20. The number of carbonyl (C=O) groups excluding carboxylic acids is 3. The fourth-order valence-corrected chi connectivity index (χ4v) is 2.35. The summed E-state index contributed by atoms with van der Waals surface area (Å²) in [7, 11) is 0. The first-order valence-corrected chi connectivity index (χ1v) is 8.82. The van der Waals surface area contributed by atoms with Crippen molar-refractivity contribution in [2.24, 2.45) is 0 Å². The van der Waals surface area contributed by atoms with Crippen LogP contribution in [0.25, 0.3) is 6.08 Å². The van der Waals surface area contributed by atoms with Crippen molar-refractivity contribution in [2.75, 3.05) is 6.61 Å². The molecule has 2 rings (SSSR count). The van der Waals surface area contributed by atoms with Gasteiger partial charge in [-0.05, 0) is 24.1 Å². The van der Waals surface area contributed by atoms with Gasteiger partial charge in [-0.2, -0.15) is 0 Å². The van der Waals surface area contributed by atoms with Gasteiger partial charge in [0.15, 0.2) is 0 Å². The van der Waals surface area contributed by atoms with Crippen molar-refractivity contribution in [3.05, 3.63) is 41.5 Å². The van der Waals surface area contributed by atoms with Crippen LogP contribution in [0.15, 0.2) is 30.3 Å². The van der Waals surface area contributed by atoms with Gasteiger partial charge in [-0.1, -0.05) is 40.2 Å². The predicted octanol–water partition coefficient (Wildman–Crippen LogP) is 3.60. The second-order valence-corrected chi connectivity index (χ2v) is 5.80. The number of hydrogen-bond donors (Lipinski definition) is 0. The van der Waals surface area contributed by atoms with Crippen LogP contribution in [0.5, 0.6) is 0 Å². The normalized spacial score (nSPS) is 14.0. The van der Waals surface area contributed by atoms with Crippen molar-refractivity contribution in [3.8, 4) is 0 Å². The highest BCUT2D eigenvalue weighted by molar-refractivity contribution is 9.08. The van der Waals surface area contributed by atoms with Crippen molar-refractivity contribution in [1.29, 1.82) is 0 Å². The molecular weight excluding hydrogens is 430 g/mol. The van der Waals surface area contributed by atoms with Crippen molar-refractivity contribution < 1.29 is 19.1 Å². The zero-order chi connectivity index (χ0) is 17.2. The third kappa shape index (κ3) is 7.09. The average molecular weight is 447 g/mol. The van der Waals surface area contributed by atoms with E-state index in [4.69, 9.17) is 4.74 Å². The highest BCUT2D eigenvalue weighted by atomic mass is 79.9. The van der Waals surface area contributed by atoms with E-state index >= 15 is 0 Å². The monoisotopic (exact) mass is 445 g/mol. The lowest BCUT2D eigenvalue weighted by Crippen LogP contribution is -2.16. The molecule has 1 aromatic carbocycles. The standard InChI is InChI=1S/C12H13BrO2.C4H4BrNO2/c1-2-15-12(14)8-7-10-3-5-11(9-13)6-4-10;5-6-3(7)1-2-4(6)8/h3-8H,2,9H2,1H3;1-2H2/b8-7+;. The zero-order valence-electron chi connectivity index (χ0n) is 12.6. The number of nitrogens with zero attached hydrogens (tertiary/aromatic N) is 1. The molecule has 1 aliphatic heterocycles. The number of carbonyl (C=O) groups is 3. The molecule has 1 fully saturated rings. The number of imide groups is 1. The number of benzene rings is 1. The van der Waals surface area contributed by atoms with Crippen LogP contribution in [0.4, 0.5) is 0 Å². The van der Waals surface area contributed by atoms with E-state index in [0.717, 1.165) is 14.8 Å². The number of esters is 1. The number of alkyl halides is 1. The molecular formula is C16H17Br2NO4. The Morgan fingerprint density at radius 2 is 1.78 bits per heavy atom. The van der Waals surface area contributed by atoms with Gasteiger partial charge >= 0.3 is 5.97 Å². The maximum atomic E-state index is 11.0. The molecule has 0 aliphatic carbocycles. The summed E-state index contributed by atoms with van der Waals surface area (Å²) in [5.41, 5.74) is 2.20. The molecule has 0 N–H and O–H groups in total. The van der Waals surface area contributed by atoms with Crippen LogP contribution in [0, 0.1) is 0 Å². The Morgan fingerprint density at radius 3 is 2.17 bits per heavy atom. The molecule has 0 bridgehead atoms. The second kappa shape index (κ2) is 10.3. The molecule has 0 saturated carbocycles. The summed E-state index contributed by atoms with van der Waals surface area (Å²) in [4.78, 5) is 31.9. The number of ether oxygens (including phenoxy) is 1. The summed E-state index contributed by atoms with van der Waals surface area (Å²) in [6.07, 6.45) is 3.89. The maximum absolute atomic E-state index is 11.0. The van der Waals surface area contributed by atoms with Gasteiger partial charge in [0, 0.05) is 24.2 Å². The number of hydrogen-bond acceptors (Lipinski definition) is 4. The van der Waals surface area contributed by atoms with Crippen molar-refractivity contribution in [2.45, 2.75) is 25.1 Å². The third-order valence-electron chi connectivity index (χ3n) is 2.82. The second-order valence-electron chi connectivity index (χ2n) is 4.53. The van der Waals surface area contributed by atoms with E-state index in [2.05, 4.69) is 32.1 Å². The van der Waals surface area contributed by atoms with Gasteiger partial charge in [-0.3, -0.25) is 9.59 Å². The van der Waals surface area contributed by atoms with Crippen molar-refractivity contribution >= 4 is 55.9 Å². The molecule has 7 heteroatoms. The molecule has 1 aromatic rings. The quantitative estimate of drug-likeness (QED) is 0.233. The number of amides is 2. The third-order valence-corrected chi connectivity index (χ3v) is 4.26. The Balaban J connectivity index is 0.000000277. The van der Waals surface area contributed by atoms with Crippen LogP contribution in [0.3, 0.4) is 0 Å². The molecule has 2 amide bonds. The van der Waals surface area contributed by atoms with Crippen LogP contribution in [0.2, 0.25) is 0 Å². The van der Waals surface area contributed by atoms with Gasteiger partial charge in [-0.25, -0.2) is 8.72 Å². The van der Waals surface area contributed by atoms with Crippen LogP contribution in [-0.2, 0) is 24.5 Å². The summed E-state index contributed by atoms with van der Waals surface area (Å²) >= 11 is 6.18. The minimum Gasteiger partial charge on any atom is -0.463 e. The van der Waals surface area contributed by atoms with Gasteiger partial charge < -0.3 is 4.74 Å². The number of rotatable bonds is 4. The van der Waals surface area contributed by atoms with E-state index in [1.807, 2.05) is 24.3 Å². The topological polar surface area (TPSA) is 63.7 Å². The predicted molar refractivity (Wildman–Crippen MR) is 94.8 cm³/mol. The van der Waals surface area contributed by atoms with Crippen LogP contribution in [-0.4, -0.2) is 28.3 Å². The smallest absolute Gasteiger partial charge is 0.330 e. The Hall–Kier alpha value is -1.47.